The molecule has 4 aliphatic rings. The lowest BCUT2D eigenvalue weighted by Crippen LogP contribution is -2.47. The molecule has 3 nitrogen and oxygen atoms in total. The lowest BCUT2D eigenvalue weighted by atomic mass is 10.0. The Morgan fingerprint density at radius 1 is 1.21 bits per heavy atom. The van der Waals surface area contributed by atoms with Gasteiger partial charge < -0.3 is 4.90 Å². The van der Waals surface area contributed by atoms with Gasteiger partial charge in [0.15, 0.2) is 0 Å². The fourth-order valence-corrected chi connectivity index (χ4v) is 4.00. The molecule has 1 N–H and O–H groups in total. The summed E-state index contributed by atoms with van der Waals surface area (Å²) in [7, 11) is 0. The second-order valence-electron chi connectivity index (χ2n) is 7.75. The topological polar surface area (TPSA) is 32.3 Å². The van der Waals surface area contributed by atoms with Crippen LogP contribution in [0.5, 0.6) is 0 Å². The molecule has 4 rings (SSSR count). The van der Waals surface area contributed by atoms with Crippen molar-refractivity contribution in [3.8, 4) is 0 Å². The van der Waals surface area contributed by atoms with E-state index in [1.54, 1.807) is 0 Å². The Bertz CT molecular complexity index is 382. The predicted octanol–water partition coefficient (Wildman–Crippen LogP) is 2.51. The molecule has 0 aromatic carbocycles. The number of carbonyl (C=O) groups is 1. The van der Waals surface area contributed by atoms with Gasteiger partial charge in [0.2, 0.25) is 5.91 Å². The number of hydrogen-bond acceptors (Lipinski definition) is 2. The van der Waals surface area contributed by atoms with Crippen molar-refractivity contribution >= 4 is 5.91 Å². The molecule has 1 heterocycles. The molecule has 1 unspecified atom stereocenters. The SMILES string of the molecule is CC(C)CC1NC2(CC2)C(=O)N1C(C1CC1)C1CC1. The molecule has 0 aromatic heterocycles. The highest BCUT2D eigenvalue weighted by Crippen LogP contribution is 2.52. The third-order valence-electron chi connectivity index (χ3n) is 5.40. The number of nitrogens with one attached hydrogen (secondary N) is 1. The second kappa shape index (κ2) is 3.97. The summed E-state index contributed by atoms with van der Waals surface area (Å²) in [6.45, 7) is 4.54. The predicted molar refractivity (Wildman–Crippen MR) is 74.4 cm³/mol. The number of nitrogens with zero attached hydrogens (tertiary/aromatic N) is 1. The lowest BCUT2D eigenvalue weighted by molar-refractivity contribution is -0.134. The van der Waals surface area contributed by atoms with E-state index in [0.29, 0.717) is 24.0 Å². The van der Waals surface area contributed by atoms with E-state index in [0.717, 1.165) is 31.1 Å². The molecule has 3 aliphatic carbocycles. The minimum absolute atomic E-state index is 0.123. The van der Waals surface area contributed by atoms with Crippen LogP contribution in [0.3, 0.4) is 0 Å². The van der Waals surface area contributed by atoms with Crippen molar-refractivity contribution in [2.75, 3.05) is 0 Å². The number of rotatable bonds is 5. The Labute approximate surface area is 116 Å². The van der Waals surface area contributed by atoms with Gasteiger partial charge in [-0.3, -0.25) is 10.1 Å². The zero-order valence-corrected chi connectivity index (χ0v) is 12.2. The maximum Gasteiger partial charge on any atom is 0.244 e. The first-order chi connectivity index (χ1) is 9.11. The van der Waals surface area contributed by atoms with E-state index < -0.39 is 0 Å². The first kappa shape index (κ1) is 12.2. The Hall–Kier alpha value is -0.570. The van der Waals surface area contributed by atoms with Gasteiger partial charge in [0.1, 0.15) is 0 Å². The molecule has 3 heteroatoms. The fraction of sp³-hybridized carbons (Fsp3) is 0.938. The van der Waals surface area contributed by atoms with E-state index in [4.69, 9.17) is 0 Å². The maximum absolute atomic E-state index is 12.9. The molecule has 3 saturated carbocycles. The summed E-state index contributed by atoms with van der Waals surface area (Å²) in [4.78, 5) is 15.2. The normalized spacial score (nSPS) is 32.9. The van der Waals surface area contributed by atoms with Gasteiger partial charge >= 0.3 is 0 Å². The minimum Gasteiger partial charge on any atom is -0.322 e. The van der Waals surface area contributed by atoms with E-state index in [-0.39, 0.29) is 5.54 Å². The lowest BCUT2D eigenvalue weighted by Gasteiger charge is -2.34. The van der Waals surface area contributed by atoms with Crippen molar-refractivity contribution in [1.29, 1.82) is 0 Å². The van der Waals surface area contributed by atoms with Gasteiger partial charge in [-0.15, -0.1) is 0 Å². The Morgan fingerprint density at radius 2 is 1.79 bits per heavy atom. The standard InChI is InChI=1S/C16H26N2O/c1-10(2)9-13-17-16(7-8-16)15(19)18(13)14(11-3-4-11)12-5-6-12/h10-14,17H,3-9H2,1-2H3. The van der Waals surface area contributed by atoms with Crippen LogP contribution >= 0.6 is 0 Å². The molecule has 106 valence electrons. The van der Waals surface area contributed by atoms with Crippen molar-refractivity contribution in [3.63, 3.8) is 0 Å². The van der Waals surface area contributed by atoms with E-state index in [2.05, 4.69) is 24.1 Å². The smallest absolute Gasteiger partial charge is 0.244 e. The molecule has 4 fully saturated rings. The molecule has 0 radical (unpaired) electrons. The van der Waals surface area contributed by atoms with E-state index in [9.17, 15) is 4.79 Å². The van der Waals surface area contributed by atoms with E-state index in [1.807, 2.05) is 0 Å². The third-order valence-corrected chi connectivity index (χ3v) is 5.40. The van der Waals surface area contributed by atoms with Crippen LogP contribution in [0, 0.1) is 17.8 Å². The fourth-order valence-electron chi connectivity index (χ4n) is 4.00. The van der Waals surface area contributed by atoms with Gasteiger partial charge in [0.05, 0.1) is 11.7 Å². The zero-order chi connectivity index (χ0) is 13.2. The number of amides is 1. The Morgan fingerprint density at radius 3 is 2.21 bits per heavy atom. The number of hydrogen-bond donors (Lipinski definition) is 1. The molecule has 1 saturated heterocycles. The van der Waals surface area contributed by atoms with Gasteiger partial charge in [0.25, 0.3) is 0 Å². The van der Waals surface area contributed by atoms with Crippen LogP contribution in [0.1, 0.15) is 58.8 Å². The summed E-state index contributed by atoms with van der Waals surface area (Å²) in [5.74, 6) is 2.74. The first-order valence-electron chi connectivity index (χ1n) is 8.21. The summed E-state index contributed by atoms with van der Waals surface area (Å²) in [5.41, 5.74) is -0.123. The minimum atomic E-state index is -0.123. The average Bonchev–Trinajstić information content (AvgIpc) is 3.22. The molecule has 19 heavy (non-hydrogen) atoms. The molecular weight excluding hydrogens is 236 g/mol. The summed E-state index contributed by atoms with van der Waals surface area (Å²) in [6, 6.07) is 0.573. The molecule has 1 amide bonds. The van der Waals surface area contributed by atoms with E-state index >= 15 is 0 Å². The maximum atomic E-state index is 12.9. The monoisotopic (exact) mass is 262 g/mol. The quantitative estimate of drug-likeness (QED) is 0.825. The molecule has 0 aromatic rings. The number of carbonyl (C=O) groups excluding carboxylic acids is 1. The van der Waals surface area contributed by atoms with Crippen LogP contribution in [0.15, 0.2) is 0 Å². The second-order valence-corrected chi connectivity index (χ2v) is 7.75. The van der Waals surface area contributed by atoms with Crippen molar-refractivity contribution < 1.29 is 4.79 Å². The van der Waals surface area contributed by atoms with Gasteiger partial charge in [0, 0.05) is 6.04 Å². The van der Waals surface area contributed by atoms with Crippen molar-refractivity contribution in [2.24, 2.45) is 17.8 Å². The van der Waals surface area contributed by atoms with E-state index in [1.165, 1.54) is 25.7 Å². The van der Waals surface area contributed by atoms with Gasteiger partial charge in [-0.25, -0.2) is 0 Å². The summed E-state index contributed by atoms with van der Waals surface area (Å²) in [5, 5.41) is 3.69. The summed E-state index contributed by atoms with van der Waals surface area (Å²) >= 11 is 0. The zero-order valence-electron chi connectivity index (χ0n) is 12.2. The highest BCUT2D eigenvalue weighted by Gasteiger charge is 2.62. The van der Waals surface area contributed by atoms with Crippen LogP contribution in [0.25, 0.3) is 0 Å². The molecule has 1 aliphatic heterocycles. The third kappa shape index (κ3) is 2.01. The van der Waals surface area contributed by atoms with Crippen molar-refractivity contribution in [3.05, 3.63) is 0 Å². The Balaban J connectivity index is 1.59. The molecular formula is C16H26N2O. The van der Waals surface area contributed by atoms with Crippen LogP contribution in [-0.2, 0) is 4.79 Å². The Kier molecular flexibility index (Phi) is 2.55. The highest BCUT2D eigenvalue weighted by molar-refractivity contribution is 5.92. The van der Waals surface area contributed by atoms with Crippen LogP contribution < -0.4 is 5.32 Å². The highest BCUT2D eigenvalue weighted by atomic mass is 16.2. The van der Waals surface area contributed by atoms with Gasteiger partial charge in [-0.2, -0.15) is 0 Å². The largest absolute Gasteiger partial charge is 0.322 e. The summed E-state index contributed by atoms with van der Waals surface area (Å²) in [6.07, 6.45) is 8.99. The van der Waals surface area contributed by atoms with Crippen molar-refractivity contribution in [1.82, 2.24) is 10.2 Å². The molecule has 1 atom stereocenters. The van der Waals surface area contributed by atoms with Gasteiger partial charge in [-0.1, -0.05) is 13.8 Å². The first-order valence-corrected chi connectivity index (χ1v) is 8.21. The van der Waals surface area contributed by atoms with Crippen LogP contribution in [0.2, 0.25) is 0 Å². The molecule has 1 spiro atoms. The summed E-state index contributed by atoms with van der Waals surface area (Å²) < 4.78 is 0. The van der Waals surface area contributed by atoms with Crippen LogP contribution in [0.4, 0.5) is 0 Å². The van der Waals surface area contributed by atoms with Gasteiger partial charge in [-0.05, 0) is 62.7 Å². The average molecular weight is 262 g/mol. The van der Waals surface area contributed by atoms with Crippen molar-refractivity contribution in [2.45, 2.75) is 76.5 Å². The van der Waals surface area contributed by atoms with Crippen LogP contribution in [-0.4, -0.2) is 28.6 Å². The molecule has 0 bridgehead atoms.